The van der Waals surface area contributed by atoms with Crippen LogP contribution in [0.15, 0.2) is 71.8 Å². The summed E-state index contributed by atoms with van der Waals surface area (Å²) in [6.45, 7) is -0.265. The minimum Gasteiger partial charge on any atom is -0.483 e. The number of anilines is 1. The highest BCUT2D eigenvalue weighted by molar-refractivity contribution is 6.42. The molecule has 2 amide bonds. The van der Waals surface area contributed by atoms with Crippen molar-refractivity contribution in [2.75, 3.05) is 11.9 Å². The zero-order valence-corrected chi connectivity index (χ0v) is 18.2. The number of rotatable bonds is 7. The molecule has 6 nitrogen and oxygen atoms in total. The Kier molecular flexibility index (Phi) is 7.89. The smallest absolute Gasteiger partial charge is 0.271 e. The van der Waals surface area contributed by atoms with Crippen molar-refractivity contribution in [3.8, 4) is 5.75 Å². The average Bonchev–Trinajstić information content (AvgIpc) is 2.76. The zero-order valence-electron chi connectivity index (χ0n) is 15.9. The van der Waals surface area contributed by atoms with Crippen molar-refractivity contribution in [3.05, 3.63) is 92.9 Å². The van der Waals surface area contributed by atoms with Gasteiger partial charge in [-0.05, 0) is 48.5 Å². The van der Waals surface area contributed by atoms with E-state index in [4.69, 9.17) is 39.5 Å². The molecule has 0 heterocycles. The van der Waals surface area contributed by atoms with E-state index >= 15 is 0 Å². The summed E-state index contributed by atoms with van der Waals surface area (Å²) in [6, 6.07) is 18.2. The molecule has 0 unspecified atom stereocenters. The third-order valence-corrected chi connectivity index (χ3v) is 4.91. The van der Waals surface area contributed by atoms with Crippen molar-refractivity contribution in [1.82, 2.24) is 5.43 Å². The van der Waals surface area contributed by atoms with Crippen molar-refractivity contribution >= 4 is 58.5 Å². The maximum absolute atomic E-state index is 12.2. The largest absolute Gasteiger partial charge is 0.483 e. The molecule has 0 aliphatic rings. The van der Waals surface area contributed by atoms with E-state index in [0.717, 1.165) is 0 Å². The fraction of sp³-hybridized carbons (Fsp3) is 0.0455. The van der Waals surface area contributed by atoms with Crippen molar-refractivity contribution in [2.45, 2.75) is 0 Å². The average molecular weight is 477 g/mol. The van der Waals surface area contributed by atoms with Gasteiger partial charge >= 0.3 is 0 Å². The zero-order chi connectivity index (χ0) is 22.2. The second-order valence-electron chi connectivity index (χ2n) is 6.21. The molecule has 0 radical (unpaired) electrons. The lowest BCUT2D eigenvalue weighted by Crippen LogP contribution is -2.20. The molecule has 3 aromatic carbocycles. The first kappa shape index (κ1) is 22.6. The van der Waals surface area contributed by atoms with Crippen LogP contribution in [0.2, 0.25) is 15.1 Å². The molecule has 0 saturated heterocycles. The summed E-state index contributed by atoms with van der Waals surface area (Å²) in [6.07, 6.45) is 1.39. The number of hydrogen-bond donors (Lipinski definition) is 2. The topological polar surface area (TPSA) is 79.8 Å². The molecule has 0 saturated carbocycles. The monoisotopic (exact) mass is 475 g/mol. The van der Waals surface area contributed by atoms with Crippen LogP contribution in [0.4, 0.5) is 5.69 Å². The lowest BCUT2D eigenvalue weighted by molar-refractivity contribution is -0.118. The van der Waals surface area contributed by atoms with Gasteiger partial charge in [-0.3, -0.25) is 9.59 Å². The van der Waals surface area contributed by atoms with Gasteiger partial charge in [-0.1, -0.05) is 53.0 Å². The van der Waals surface area contributed by atoms with E-state index in [1.165, 1.54) is 12.3 Å². The predicted molar refractivity (Wildman–Crippen MR) is 124 cm³/mol. The Balaban J connectivity index is 1.62. The fourth-order valence-electron chi connectivity index (χ4n) is 2.48. The Hall–Kier alpha value is -3.06. The van der Waals surface area contributed by atoms with Crippen molar-refractivity contribution in [3.63, 3.8) is 0 Å². The van der Waals surface area contributed by atoms with Crippen LogP contribution >= 0.6 is 34.8 Å². The van der Waals surface area contributed by atoms with Crippen LogP contribution in [-0.4, -0.2) is 24.6 Å². The maximum atomic E-state index is 12.2. The normalized spacial score (nSPS) is 10.7. The number of ether oxygens (including phenoxy) is 1. The van der Waals surface area contributed by atoms with Crippen molar-refractivity contribution < 1.29 is 14.3 Å². The Bertz CT molecular complexity index is 1120. The molecular weight excluding hydrogens is 461 g/mol. The highest BCUT2D eigenvalue weighted by Crippen LogP contribution is 2.25. The van der Waals surface area contributed by atoms with Gasteiger partial charge in [0.1, 0.15) is 5.75 Å². The van der Waals surface area contributed by atoms with Gasteiger partial charge in [0.15, 0.2) is 6.61 Å². The van der Waals surface area contributed by atoms with Gasteiger partial charge in [-0.15, -0.1) is 0 Å². The summed E-state index contributed by atoms with van der Waals surface area (Å²) in [4.78, 5) is 24.3. The Labute approximate surface area is 193 Å². The highest BCUT2D eigenvalue weighted by Gasteiger charge is 2.09. The summed E-state index contributed by atoms with van der Waals surface area (Å²) in [5.41, 5.74) is 3.88. The van der Waals surface area contributed by atoms with Gasteiger partial charge in [0.05, 0.1) is 16.3 Å². The molecule has 0 aromatic heterocycles. The number of nitrogens with one attached hydrogen (secondary N) is 2. The molecule has 31 heavy (non-hydrogen) atoms. The molecule has 0 aliphatic carbocycles. The van der Waals surface area contributed by atoms with Crippen LogP contribution in [0.5, 0.6) is 5.75 Å². The van der Waals surface area contributed by atoms with Crippen molar-refractivity contribution in [2.24, 2.45) is 5.10 Å². The Morgan fingerprint density at radius 1 is 0.935 bits per heavy atom. The van der Waals surface area contributed by atoms with Gasteiger partial charge in [-0.2, -0.15) is 5.10 Å². The lowest BCUT2D eigenvalue weighted by Gasteiger charge is -2.10. The maximum Gasteiger partial charge on any atom is 0.271 e. The van der Waals surface area contributed by atoms with Crippen molar-refractivity contribution in [1.29, 1.82) is 0 Å². The quantitative estimate of drug-likeness (QED) is 0.352. The Morgan fingerprint density at radius 3 is 2.45 bits per heavy atom. The van der Waals surface area contributed by atoms with Crippen LogP contribution in [0.3, 0.4) is 0 Å². The molecule has 0 fully saturated rings. The molecule has 2 N–H and O–H groups in total. The molecule has 9 heteroatoms. The molecule has 0 spiro atoms. The summed E-state index contributed by atoms with van der Waals surface area (Å²) in [5.74, 6) is -0.387. The predicted octanol–water partition coefficient (Wildman–Crippen LogP) is 5.43. The molecule has 3 rings (SSSR count). The third kappa shape index (κ3) is 6.72. The van der Waals surface area contributed by atoms with Crippen LogP contribution in [0, 0.1) is 0 Å². The van der Waals surface area contributed by atoms with E-state index in [-0.39, 0.29) is 12.5 Å². The van der Waals surface area contributed by atoms with E-state index < -0.39 is 5.91 Å². The van der Waals surface area contributed by atoms with Crippen LogP contribution in [-0.2, 0) is 4.79 Å². The highest BCUT2D eigenvalue weighted by atomic mass is 35.5. The van der Waals surface area contributed by atoms with E-state index in [1.807, 2.05) is 6.07 Å². The first-order valence-electron chi connectivity index (χ1n) is 8.98. The number of carbonyl (C=O) groups is 2. The summed E-state index contributed by atoms with van der Waals surface area (Å²) >= 11 is 17.9. The van der Waals surface area contributed by atoms with Gasteiger partial charge in [-0.25, -0.2) is 5.43 Å². The Morgan fingerprint density at radius 2 is 1.71 bits per heavy atom. The van der Waals surface area contributed by atoms with Gasteiger partial charge < -0.3 is 10.1 Å². The van der Waals surface area contributed by atoms with Crippen LogP contribution in [0.25, 0.3) is 0 Å². The number of nitrogens with zero attached hydrogens (tertiary/aromatic N) is 1. The number of hydrazone groups is 1. The number of carbonyl (C=O) groups excluding carboxylic acids is 2. The first-order valence-corrected chi connectivity index (χ1v) is 10.1. The molecule has 0 aliphatic heterocycles. The third-order valence-electron chi connectivity index (χ3n) is 3.94. The van der Waals surface area contributed by atoms with Gasteiger partial charge in [0.25, 0.3) is 11.8 Å². The van der Waals surface area contributed by atoms with E-state index in [1.54, 1.807) is 54.6 Å². The first-order chi connectivity index (χ1) is 14.9. The summed E-state index contributed by atoms with van der Waals surface area (Å²) in [5, 5.41) is 7.77. The molecule has 158 valence electrons. The number of halogens is 3. The minimum absolute atomic E-state index is 0.265. The summed E-state index contributed by atoms with van der Waals surface area (Å²) in [7, 11) is 0. The SMILES string of the molecule is O=C(COc1ccc(Cl)cc1C=NNC(=O)c1ccccc1)Nc1ccc(Cl)c(Cl)c1. The van der Waals surface area contributed by atoms with Crippen LogP contribution in [0.1, 0.15) is 15.9 Å². The second-order valence-corrected chi connectivity index (χ2v) is 7.46. The molecule has 0 bridgehead atoms. The van der Waals surface area contributed by atoms with Crippen LogP contribution < -0.4 is 15.5 Å². The molecular formula is C22H16Cl3N3O3. The molecule has 3 aromatic rings. The van der Waals surface area contributed by atoms with E-state index in [9.17, 15) is 9.59 Å². The minimum atomic E-state index is -0.395. The lowest BCUT2D eigenvalue weighted by atomic mass is 10.2. The molecule has 0 atom stereocenters. The number of hydrogen-bond acceptors (Lipinski definition) is 4. The van der Waals surface area contributed by atoms with Gasteiger partial charge in [0, 0.05) is 21.8 Å². The summed E-state index contributed by atoms with van der Waals surface area (Å²) < 4.78 is 5.59. The number of benzene rings is 3. The van der Waals surface area contributed by atoms with E-state index in [2.05, 4.69) is 15.8 Å². The number of amides is 2. The standard InChI is InChI=1S/C22H16Cl3N3O3/c23-16-6-9-20(31-13-21(29)27-17-7-8-18(24)19(25)11-17)15(10-16)12-26-28-22(30)14-4-2-1-3-5-14/h1-12H,13H2,(H,27,29)(H,28,30). The fourth-order valence-corrected chi connectivity index (χ4v) is 2.96. The second kappa shape index (κ2) is 10.8. The van der Waals surface area contributed by atoms with E-state index in [0.29, 0.717) is 37.6 Å². The van der Waals surface area contributed by atoms with Gasteiger partial charge in [0.2, 0.25) is 0 Å².